The van der Waals surface area contributed by atoms with Crippen molar-refractivity contribution in [1.82, 2.24) is 15.4 Å². The number of pyridine rings is 2. The van der Waals surface area contributed by atoms with Crippen molar-refractivity contribution >= 4 is 23.8 Å². The van der Waals surface area contributed by atoms with E-state index in [0.717, 1.165) is 0 Å². The molecule has 0 saturated carbocycles. The summed E-state index contributed by atoms with van der Waals surface area (Å²) in [5.74, 6) is 0.738. The Morgan fingerprint density at radius 3 is 2.56 bits per heavy atom. The van der Waals surface area contributed by atoms with Crippen molar-refractivity contribution < 1.29 is 9.34 Å². The van der Waals surface area contributed by atoms with Crippen molar-refractivity contribution in [1.29, 1.82) is 0 Å². The highest BCUT2D eigenvalue weighted by atomic mass is 16.6. The Morgan fingerprint density at radius 2 is 1.92 bits per heavy atom. The number of rotatable bonds is 5. The SMILES string of the molecule is O=[N+]([O-])c1ccc(C=NNC(=Nc2ccccn2)c2ccccn2)o1. The molecule has 1 N–H and O–H groups in total. The highest BCUT2D eigenvalue weighted by molar-refractivity contribution is 5.98. The highest BCUT2D eigenvalue weighted by Gasteiger charge is 2.10. The van der Waals surface area contributed by atoms with E-state index in [0.29, 0.717) is 17.3 Å². The van der Waals surface area contributed by atoms with Gasteiger partial charge in [0.25, 0.3) is 0 Å². The summed E-state index contributed by atoms with van der Waals surface area (Å²) in [6.07, 6.45) is 4.56. The molecule has 0 saturated heterocycles. The van der Waals surface area contributed by atoms with E-state index in [4.69, 9.17) is 4.42 Å². The summed E-state index contributed by atoms with van der Waals surface area (Å²) in [4.78, 5) is 22.7. The molecule has 3 aromatic rings. The minimum absolute atomic E-state index is 0.234. The van der Waals surface area contributed by atoms with Gasteiger partial charge in [0.15, 0.2) is 17.4 Å². The van der Waals surface area contributed by atoms with E-state index in [-0.39, 0.29) is 11.6 Å². The molecular formula is C16H12N6O3. The van der Waals surface area contributed by atoms with Crippen LogP contribution >= 0.6 is 0 Å². The van der Waals surface area contributed by atoms with Crippen molar-refractivity contribution in [2.45, 2.75) is 0 Å². The van der Waals surface area contributed by atoms with Crippen LogP contribution in [0.5, 0.6) is 0 Å². The second-order valence-corrected chi connectivity index (χ2v) is 4.67. The summed E-state index contributed by atoms with van der Waals surface area (Å²) in [5.41, 5.74) is 3.32. The van der Waals surface area contributed by atoms with E-state index in [1.165, 1.54) is 18.3 Å². The van der Waals surface area contributed by atoms with Gasteiger partial charge < -0.3 is 4.42 Å². The van der Waals surface area contributed by atoms with Gasteiger partial charge in [-0.2, -0.15) is 5.10 Å². The molecule has 25 heavy (non-hydrogen) atoms. The van der Waals surface area contributed by atoms with Crippen LogP contribution in [0.2, 0.25) is 0 Å². The zero-order chi connectivity index (χ0) is 17.5. The number of nitrogens with one attached hydrogen (secondary N) is 1. The Labute approximate surface area is 141 Å². The maximum Gasteiger partial charge on any atom is 0.433 e. The molecule has 0 atom stereocenters. The van der Waals surface area contributed by atoms with Crippen molar-refractivity contribution in [2.75, 3.05) is 0 Å². The Bertz CT molecular complexity index is 906. The van der Waals surface area contributed by atoms with Gasteiger partial charge in [-0.1, -0.05) is 12.1 Å². The number of aliphatic imine (C=N–C) groups is 1. The number of nitrogens with zero attached hydrogens (tertiary/aromatic N) is 5. The summed E-state index contributed by atoms with van der Waals surface area (Å²) in [7, 11) is 0. The van der Waals surface area contributed by atoms with Gasteiger partial charge in [0.1, 0.15) is 10.6 Å². The van der Waals surface area contributed by atoms with Crippen molar-refractivity contribution in [3.05, 3.63) is 82.5 Å². The summed E-state index contributed by atoms with van der Waals surface area (Å²) >= 11 is 0. The second-order valence-electron chi connectivity index (χ2n) is 4.67. The Balaban J connectivity index is 1.81. The third-order valence-corrected chi connectivity index (χ3v) is 2.94. The van der Waals surface area contributed by atoms with Crippen LogP contribution in [0, 0.1) is 10.1 Å². The lowest BCUT2D eigenvalue weighted by atomic mass is 10.3. The molecule has 0 bridgehead atoms. The number of aromatic nitrogens is 2. The lowest BCUT2D eigenvalue weighted by Crippen LogP contribution is -2.20. The quantitative estimate of drug-likeness (QED) is 0.331. The van der Waals surface area contributed by atoms with Crippen LogP contribution in [0.4, 0.5) is 11.7 Å². The number of furan rings is 1. The average molecular weight is 336 g/mol. The second kappa shape index (κ2) is 7.59. The summed E-state index contributed by atoms with van der Waals surface area (Å²) in [6.45, 7) is 0. The molecule has 0 radical (unpaired) electrons. The molecule has 0 amide bonds. The number of nitro groups is 1. The first kappa shape index (κ1) is 16.0. The third-order valence-electron chi connectivity index (χ3n) is 2.94. The molecule has 0 fully saturated rings. The molecule has 3 aromatic heterocycles. The van der Waals surface area contributed by atoms with Crippen LogP contribution in [0.15, 0.2) is 75.4 Å². The number of hydrazone groups is 1. The van der Waals surface area contributed by atoms with E-state index >= 15 is 0 Å². The summed E-state index contributed by atoms with van der Waals surface area (Å²) < 4.78 is 4.99. The fourth-order valence-corrected chi connectivity index (χ4v) is 1.84. The largest absolute Gasteiger partial charge is 0.433 e. The molecule has 3 heterocycles. The van der Waals surface area contributed by atoms with E-state index in [1.54, 1.807) is 36.7 Å². The normalized spacial score (nSPS) is 11.6. The fraction of sp³-hybridized carbons (Fsp3) is 0. The zero-order valence-corrected chi connectivity index (χ0v) is 12.8. The zero-order valence-electron chi connectivity index (χ0n) is 12.8. The molecule has 3 rings (SSSR count). The van der Waals surface area contributed by atoms with Gasteiger partial charge in [-0.25, -0.2) is 9.98 Å². The molecule has 9 nitrogen and oxygen atoms in total. The summed E-state index contributed by atoms with van der Waals surface area (Å²) in [6, 6.07) is 13.4. The first-order chi connectivity index (χ1) is 12.2. The molecule has 0 aliphatic rings. The van der Waals surface area contributed by atoms with Crippen LogP contribution in [0.25, 0.3) is 0 Å². The van der Waals surface area contributed by atoms with E-state index in [2.05, 4.69) is 25.5 Å². The third kappa shape index (κ3) is 4.32. The van der Waals surface area contributed by atoms with Crippen molar-refractivity contribution in [3.63, 3.8) is 0 Å². The molecule has 0 unspecified atom stereocenters. The maximum atomic E-state index is 10.6. The number of hydrogen-bond acceptors (Lipinski definition) is 7. The van der Waals surface area contributed by atoms with Crippen LogP contribution in [0.3, 0.4) is 0 Å². The van der Waals surface area contributed by atoms with E-state index in [1.807, 2.05) is 12.1 Å². The van der Waals surface area contributed by atoms with Gasteiger partial charge in [-0.15, -0.1) is 0 Å². The smallest absolute Gasteiger partial charge is 0.400 e. The Kier molecular flexibility index (Phi) is 4.86. The molecule has 9 heteroatoms. The van der Waals surface area contributed by atoms with Gasteiger partial charge in [0.2, 0.25) is 0 Å². The van der Waals surface area contributed by atoms with Gasteiger partial charge in [-0.3, -0.25) is 20.5 Å². The molecule has 124 valence electrons. The Hall–Kier alpha value is -3.88. The minimum atomic E-state index is -0.618. The maximum absolute atomic E-state index is 10.6. The molecule has 0 aliphatic carbocycles. The average Bonchev–Trinajstić information content (AvgIpc) is 3.12. The lowest BCUT2D eigenvalue weighted by Gasteiger charge is -2.04. The predicted octanol–water partition coefficient (Wildman–Crippen LogP) is 2.68. The summed E-state index contributed by atoms with van der Waals surface area (Å²) in [5, 5.41) is 14.6. The van der Waals surface area contributed by atoms with Crippen LogP contribution < -0.4 is 5.43 Å². The van der Waals surface area contributed by atoms with Crippen molar-refractivity contribution in [2.24, 2.45) is 10.1 Å². The minimum Gasteiger partial charge on any atom is -0.400 e. The molecule has 0 aliphatic heterocycles. The van der Waals surface area contributed by atoms with Gasteiger partial charge >= 0.3 is 5.88 Å². The van der Waals surface area contributed by atoms with Gasteiger partial charge in [-0.05, 0) is 30.3 Å². The molecule has 0 spiro atoms. The number of hydrogen-bond donors (Lipinski definition) is 1. The highest BCUT2D eigenvalue weighted by Crippen LogP contribution is 2.13. The first-order valence-electron chi connectivity index (χ1n) is 7.17. The van der Waals surface area contributed by atoms with Gasteiger partial charge in [0.05, 0.1) is 12.3 Å². The van der Waals surface area contributed by atoms with Crippen LogP contribution in [-0.2, 0) is 0 Å². The first-order valence-corrected chi connectivity index (χ1v) is 7.17. The van der Waals surface area contributed by atoms with Crippen LogP contribution in [0.1, 0.15) is 11.5 Å². The Morgan fingerprint density at radius 1 is 1.12 bits per heavy atom. The standard InChI is InChI=1S/C16H12N6O3/c23-22(24)15-8-7-12(25-15)11-19-21-16(13-5-1-3-9-17-13)20-14-6-2-4-10-18-14/h1-11H,(H,18,20,21). The van der Waals surface area contributed by atoms with Crippen molar-refractivity contribution in [3.8, 4) is 0 Å². The van der Waals surface area contributed by atoms with E-state index < -0.39 is 4.92 Å². The fourth-order valence-electron chi connectivity index (χ4n) is 1.84. The van der Waals surface area contributed by atoms with Crippen LogP contribution in [-0.4, -0.2) is 26.9 Å². The monoisotopic (exact) mass is 336 g/mol. The van der Waals surface area contributed by atoms with E-state index in [9.17, 15) is 10.1 Å². The number of amidine groups is 1. The van der Waals surface area contributed by atoms with Gasteiger partial charge in [0, 0.05) is 12.4 Å². The predicted molar refractivity (Wildman–Crippen MR) is 90.8 cm³/mol. The molecular weight excluding hydrogens is 324 g/mol. The topological polar surface area (TPSA) is 119 Å². The molecule has 0 aromatic carbocycles. The lowest BCUT2D eigenvalue weighted by molar-refractivity contribution is -0.402.